The number of aryl methyl sites for hydroxylation is 2. The lowest BCUT2D eigenvalue weighted by atomic mass is 10.1. The van der Waals surface area contributed by atoms with Gasteiger partial charge in [0.15, 0.2) is 4.34 Å². The summed E-state index contributed by atoms with van der Waals surface area (Å²) in [6.07, 6.45) is 1.02. The standard InChI is InChI=1S/C18H21N3OS3/c1-13-10-14(2)12-15(11-13)22-7-9-24-18-21-20-17(25-18)19-6-5-16-4-3-8-23-16/h3-4,8,10-12H,5-7,9H2,1-2H3,(H,19,20). The summed E-state index contributed by atoms with van der Waals surface area (Å²) < 4.78 is 6.80. The maximum Gasteiger partial charge on any atom is 0.206 e. The summed E-state index contributed by atoms with van der Waals surface area (Å²) in [7, 11) is 0. The van der Waals surface area contributed by atoms with Gasteiger partial charge in [-0.1, -0.05) is 35.2 Å². The van der Waals surface area contributed by atoms with E-state index in [0.29, 0.717) is 6.61 Å². The maximum absolute atomic E-state index is 5.82. The molecular formula is C18H21N3OS3. The van der Waals surface area contributed by atoms with Gasteiger partial charge in [0.05, 0.1) is 6.61 Å². The van der Waals surface area contributed by atoms with Crippen LogP contribution in [0.5, 0.6) is 5.75 Å². The Labute approximate surface area is 160 Å². The monoisotopic (exact) mass is 391 g/mol. The van der Waals surface area contributed by atoms with Gasteiger partial charge in [0.2, 0.25) is 5.13 Å². The number of rotatable bonds is 9. The highest BCUT2D eigenvalue weighted by Crippen LogP contribution is 2.25. The van der Waals surface area contributed by atoms with Crippen LogP contribution in [0.25, 0.3) is 0 Å². The fraction of sp³-hybridized carbons (Fsp3) is 0.333. The summed E-state index contributed by atoms with van der Waals surface area (Å²) in [5, 5.41) is 14.7. The maximum atomic E-state index is 5.82. The lowest BCUT2D eigenvalue weighted by molar-refractivity contribution is 0.343. The van der Waals surface area contributed by atoms with E-state index in [4.69, 9.17) is 4.74 Å². The molecule has 0 fully saturated rings. The zero-order valence-electron chi connectivity index (χ0n) is 14.3. The van der Waals surface area contributed by atoms with Crippen molar-refractivity contribution in [3.05, 3.63) is 51.7 Å². The molecule has 0 bridgehead atoms. The van der Waals surface area contributed by atoms with Crippen molar-refractivity contribution in [2.75, 3.05) is 24.2 Å². The molecule has 25 heavy (non-hydrogen) atoms. The van der Waals surface area contributed by atoms with E-state index in [1.807, 2.05) is 0 Å². The first-order chi connectivity index (χ1) is 12.2. The fourth-order valence-electron chi connectivity index (χ4n) is 2.39. The zero-order chi connectivity index (χ0) is 17.5. The predicted molar refractivity (Wildman–Crippen MR) is 109 cm³/mol. The number of thiophene rings is 1. The van der Waals surface area contributed by atoms with Crippen LogP contribution in [0.4, 0.5) is 5.13 Å². The van der Waals surface area contributed by atoms with Crippen LogP contribution in [0.1, 0.15) is 16.0 Å². The Balaban J connectivity index is 1.36. The quantitative estimate of drug-likeness (QED) is 0.409. The van der Waals surface area contributed by atoms with Crippen molar-refractivity contribution in [3.63, 3.8) is 0 Å². The summed E-state index contributed by atoms with van der Waals surface area (Å²) >= 11 is 5.07. The highest BCUT2D eigenvalue weighted by Gasteiger charge is 2.05. The number of ether oxygens (including phenoxy) is 1. The molecule has 2 aromatic heterocycles. The molecule has 2 heterocycles. The summed E-state index contributed by atoms with van der Waals surface area (Å²) in [4.78, 5) is 1.38. The molecule has 0 radical (unpaired) electrons. The molecule has 132 valence electrons. The summed E-state index contributed by atoms with van der Waals surface area (Å²) in [6, 6.07) is 10.5. The van der Waals surface area contributed by atoms with Crippen LogP contribution >= 0.6 is 34.4 Å². The first-order valence-corrected chi connectivity index (χ1v) is 10.8. The highest BCUT2D eigenvalue weighted by molar-refractivity contribution is 8.01. The van der Waals surface area contributed by atoms with Gasteiger partial charge in [-0.15, -0.1) is 21.5 Å². The Bertz CT molecular complexity index is 766. The van der Waals surface area contributed by atoms with Crippen molar-refractivity contribution in [1.29, 1.82) is 0 Å². The minimum Gasteiger partial charge on any atom is -0.493 e. The second-order valence-electron chi connectivity index (χ2n) is 5.65. The second kappa shape index (κ2) is 9.22. The summed E-state index contributed by atoms with van der Waals surface area (Å²) in [5.41, 5.74) is 2.45. The molecule has 3 aromatic rings. The molecule has 0 saturated heterocycles. The van der Waals surface area contributed by atoms with E-state index in [1.54, 1.807) is 34.4 Å². The van der Waals surface area contributed by atoms with Crippen LogP contribution in [0.15, 0.2) is 40.1 Å². The van der Waals surface area contributed by atoms with E-state index in [2.05, 4.69) is 65.1 Å². The lowest BCUT2D eigenvalue weighted by Gasteiger charge is -2.07. The van der Waals surface area contributed by atoms with Gasteiger partial charge < -0.3 is 10.1 Å². The highest BCUT2D eigenvalue weighted by atomic mass is 32.2. The Morgan fingerprint density at radius 2 is 2.00 bits per heavy atom. The Morgan fingerprint density at radius 1 is 1.16 bits per heavy atom. The van der Waals surface area contributed by atoms with E-state index in [9.17, 15) is 0 Å². The van der Waals surface area contributed by atoms with Crippen molar-refractivity contribution in [2.24, 2.45) is 0 Å². The SMILES string of the molecule is Cc1cc(C)cc(OCCSc2nnc(NCCc3cccs3)s2)c1. The fourth-order valence-corrected chi connectivity index (χ4v) is 4.77. The van der Waals surface area contributed by atoms with Crippen LogP contribution in [0.2, 0.25) is 0 Å². The minimum absolute atomic E-state index is 0.661. The van der Waals surface area contributed by atoms with Crippen molar-refractivity contribution < 1.29 is 4.74 Å². The minimum atomic E-state index is 0.661. The molecule has 0 saturated carbocycles. The number of benzene rings is 1. The topological polar surface area (TPSA) is 47.0 Å². The van der Waals surface area contributed by atoms with Gasteiger partial charge in [-0.25, -0.2) is 0 Å². The Hall–Kier alpha value is -1.57. The molecule has 3 rings (SSSR count). The van der Waals surface area contributed by atoms with Gasteiger partial charge in [-0.2, -0.15) is 0 Å². The van der Waals surface area contributed by atoms with Gasteiger partial charge in [-0.3, -0.25) is 0 Å². The van der Waals surface area contributed by atoms with Crippen molar-refractivity contribution in [1.82, 2.24) is 10.2 Å². The molecule has 0 amide bonds. The number of nitrogens with one attached hydrogen (secondary N) is 1. The average molecular weight is 392 g/mol. The van der Waals surface area contributed by atoms with E-state index < -0.39 is 0 Å². The van der Waals surface area contributed by atoms with Gasteiger partial charge >= 0.3 is 0 Å². The molecule has 0 aliphatic carbocycles. The number of hydrogen-bond acceptors (Lipinski definition) is 7. The number of anilines is 1. The van der Waals surface area contributed by atoms with Crippen molar-refractivity contribution in [3.8, 4) is 5.75 Å². The molecule has 0 aliphatic rings. The normalized spacial score (nSPS) is 10.8. The van der Waals surface area contributed by atoms with Gasteiger partial charge in [-0.05, 0) is 55.0 Å². The predicted octanol–water partition coefficient (Wildman–Crippen LogP) is 5.04. The molecule has 0 spiro atoms. The molecule has 1 aromatic carbocycles. The van der Waals surface area contributed by atoms with E-state index in [1.165, 1.54) is 16.0 Å². The zero-order valence-corrected chi connectivity index (χ0v) is 16.8. The molecule has 4 nitrogen and oxygen atoms in total. The summed E-state index contributed by atoms with van der Waals surface area (Å²) in [5.74, 6) is 1.79. The van der Waals surface area contributed by atoms with Crippen LogP contribution in [-0.2, 0) is 6.42 Å². The smallest absolute Gasteiger partial charge is 0.206 e. The largest absolute Gasteiger partial charge is 0.493 e. The number of aromatic nitrogens is 2. The van der Waals surface area contributed by atoms with Crippen LogP contribution in [0.3, 0.4) is 0 Å². The molecule has 1 N–H and O–H groups in total. The number of nitrogens with zero attached hydrogens (tertiary/aromatic N) is 2. The van der Waals surface area contributed by atoms with Crippen LogP contribution < -0.4 is 10.1 Å². The summed E-state index contributed by atoms with van der Waals surface area (Å²) in [6.45, 7) is 5.72. The third kappa shape index (κ3) is 6.02. The van der Waals surface area contributed by atoms with E-state index in [0.717, 1.165) is 33.9 Å². The lowest BCUT2D eigenvalue weighted by Crippen LogP contribution is -2.03. The molecule has 0 aliphatic heterocycles. The van der Waals surface area contributed by atoms with E-state index >= 15 is 0 Å². The Morgan fingerprint density at radius 3 is 2.76 bits per heavy atom. The Kier molecular flexibility index (Phi) is 6.72. The van der Waals surface area contributed by atoms with Crippen molar-refractivity contribution >= 4 is 39.6 Å². The van der Waals surface area contributed by atoms with Gasteiger partial charge in [0, 0.05) is 17.2 Å². The van der Waals surface area contributed by atoms with Gasteiger partial charge in [0.1, 0.15) is 5.75 Å². The number of hydrogen-bond donors (Lipinski definition) is 1. The second-order valence-corrected chi connectivity index (χ2v) is 9.00. The van der Waals surface area contributed by atoms with Crippen LogP contribution in [0, 0.1) is 13.8 Å². The molecule has 0 atom stereocenters. The molecule has 7 heteroatoms. The average Bonchev–Trinajstić information content (AvgIpc) is 3.23. The molecule has 0 unspecified atom stereocenters. The third-order valence-electron chi connectivity index (χ3n) is 3.41. The van der Waals surface area contributed by atoms with Crippen molar-refractivity contribution in [2.45, 2.75) is 24.6 Å². The first-order valence-electron chi connectivity index (χ1n) is 8.13. The number of thioether (sulfide) groups is 1. The first kappa shape index (κ1) is 18.2. The van der Waals surface area contributed by atoms with E-state index in [-0.39, 0.29) is 0 Å². The molecular weight excluding hydrogens is 370 g/mol. The van der Waals surface area contributed by atoms with Gasteiger partial charge in [0.25, 0.3) is 0 Å². The third-order valence-corrected chi connectivity index (χ3v) is 6.32. The van der Waals surface area contributed by atoms with Crippen LogP contribution in [-0.4, -0.2) is 29.1 Å².